The number of ketones is 2. The summed E-state index contributed by atoms with van der Waals surface area (Å²) >= 11 is 0. The summed E-state index contributed by atoms with van der Waals surface area (Å²) in [4.78, 5) is 55.8. The van der Waals surface area contributed by atoms with Gasteiger partial charge < -0.3 is 31.5 Å². The van der Waals surface area contributed by atoms with Crippen LogP contribution in [0.2, 0.25) is 0 Å². The van der Waals surface area contributed by atoms with Crippen molar-refractivity contribution in [1.82, 2.24) is 9.80 Å². The summed E-state index contributed by atoms with van der Waals surface area (Å²) in [5.74, 6) is -7.58. The Morgan fingerprint density at radius 3 is 2.29 bits per heavy atom. The number of Topliss-reactive ketones (excluding diaryl/α,β-unsaturated/α-hetero) is 2. The first kappa shape index (κ1) is 31.2. The van der Waals surface area contributed by atoms with Crippen molar-refractivity contribution in [2.24, 2.45) is 17.6 Å². The number of aromatic hydroxyl groups is 1. The maximum absolute atomic E-state index is 14.0. The highest BCUT2D eigenvalue weighted by molar-refractivity contribution is 6.24. The number of carbonyl (C=O) groups is 4. The maximum atomic E-state index is 14.0. The third-order valence-electron chi connectivity index (χ3n) is 9.07. The molecule has 12 heteroatoms. The molecule has 228 valence electrons. The third kappa shape index (κ3) is 4.58. The minimum atomic E-state index is -2.71. The molecule has 1 aromatic carbocycles. The van der Waals surface area contributed by atoms with Crippen molar-refractivity contribution < 1.29 is 39.6 Å². The number of phenols is 1. The van der Waals surface area contributed by atoms with Gasteiger partial charge in [0.15, 0.2) is 11.4 Å². The van der Waals surface area contributed by atoms with Gasteiger partial charge in [0.25, 0.3) is 5.91 Å². The number of fused-ring (bicyclic) bond motifs is 3. The van der Waals surface area contributed by atoms with Crippen molar-refractivity contribution in [1.29, 1.82) is 0 Å². The van der Waals surface area contributed by atoms with Gasteiger partial charge in [-0.3, -0.25) is 29.0 Å². The molecule has 1 saturated carbocycles. The van der Waals surface area contributed by atoms with E-state index in [1.165, 1.54) is 11.0 Å². The lowest BCUT2D eigenvalue weighted by Crippen LogP contribution is -2.65. The minimum Gasteiger partial charge on any atom is -0.508 e. The lowest BCUT2D eigenvalue weighted by molar-refractivity contribution is -0.153. The monoisotopic (exact) mass is 584 g/mol. The Kier molecular flexibility index (Phi) is 7.81. The number of nitrogens with one attached hydrogen (secondary N) is 1. The van der Waals surface area contributed by atoms with Crippen LogP contribution >= 0.6 is 0 Å². The van der Waals surface area contributed by atoms with E-state index in [9.17, 15) is 39.6 Å². The molecule has 4 rings (SSSR count). The summed E-state index contributed by atoms with van der Waals surface area (Å²) in [5.41, 5.74) is 1.66. The van der Waals surface area contributed by atoms with Crippen LogP contribution in [0.25, 0.3) is 5.76 Å². The summed E-state index contributed by atoms with van der Waals surface area (Å²) in [6, 6.07) is 1.49. The first-order chi connectivity index (χ1) is 19.4. The van der Waals surface area contributed by atoms with Crippen LogP contribution in [-0.4, -0.2) is 98.0 Å². The van der Waals surface area contributed by atoms with Crippen LogP contribution in [0.1, 0.15) is 51.7 Å². The zero-order valence-corrected chi connectivity index (χ0v) is 25.0. The fourth-order valence-electron chi connectivity index (χ4n) is 6.64. The van der Waals surface area contributed by atoms with Gasteiger partial charge >= 0.3 is 0 Å². The van der Waals surface area contributed by atoms with Gasteiger partial charge in [0.2, 0.25) is 11.7 Å². The average molecular weight is 585 g/mol. The number of hydrogen-bond donors (Lipinski definition) is 6. The number of primary amides is 1. The number of amides is 2. The summed E-state index contributed by atoms with van der Waals surface area (Å²) in [7, 11) is 4.92. The van der Waals surface area contributed by atoms with Crippen LogP contribution < -0.4 is 11.1 Å². The number of hydrogen-bond acceptors (Lipinski definition) is 10. The van der Waals surface area contributed by atoms with Crippen molar-refractivity contribution in [3.8, 4) is 5.75 Å². The number of likely N-dealkylation sites (N-methyl/N-ethyl adjacent to an activating group) is 2. The smallest absolute Gasteiger partial charge is 0.255 e. The van der Waals surface area contributed by atoms with Gasteiger partial charge in [0, 0.05) is 17.0 Å². The van der Waals surface area contributed by atoms with E-state index < -0.39 is 69.8 Å². The van der Waals surface area contributed by atoms with E-state index in [-0.39, 0.29) is 41.1 Å². The second-order valence-corrected chi connectivity index (χ2v) is 12.7. The SMILES string of the molecule is CCC(C(=O)Nc1ccc2c(c1O)C(O)=C1C(=O)[C@]3(O)C(O)=C(C(N)=O)C(=O)[C@@H](N(C)C)C3CC1C2)N(C)C(C)(C)C. The van der Waals surface area contributed by atoms with E-state index in [4.69, 9.17) is 5.73 Å². The molecule has 0 heterocycles. The zero-order valence-electron chi connectivity index (χ0n) is 25.0. The van der Waals surface area contributed by atoms with E-state index in [0.29, 0.717) is 12.0 Å². The van der Waals surface area contributed by atoms with E-state index in [1.54, 1.807) is 20.2 Å². The molecule has 0 aromatic heterocycles. The number of carbonyl (C=O) groups excluding carboxylic acids is 4. The summed E-state index contributed by atoms with van der Waals surface area (Å²) < 4.78 is 0. The normalized spacial score (nSPS) is 26.7. The molecule has 12 nitrogen and oxygen atoms in total. The van der Waals surface area contributed by atoms with Crippen molar-refractivity contribution in [3.05, 3.63) is 40.2 Å². The van der Waals surface area contributed by atoms with Gasteiger partial charge in [-0.1, -0.05) is 13.0 Å². The van der Waals surface area contributed by atoms with Gasteiger partial charge in [-0.15, -0.1) is 0 Å². The molecule has 3 aliphatic carbocycles. The fourth-order valence-corrected chi connectivity index (χ4v) is 6.64. The number of rotatable bonds is 6. The first-order valence-electron chi connectivity index (χ1n) is 13.9. The predicted molar refractivity (Wildman–Crippen MR) is 154 cm³/mol. The Morgan fingerprint density at radius 1 is 1.14 bits per heavy atom. The van der Waals surface area contributed by atoms with Crippen molar-refractivity contribution in [2.45, 2.75) is 70.2 Å². The van der Waals surface area contributed by atoms with E-state index in [2.05, 4.69) is 5.32 Å². The second-order valence-electron chi connectivity index (χ2n) is 12.7. The molecule has 0 aliphatic heterocycles. The van der Waals surface area contributed by atoms with E-state index >= 15 is 0 Å². The van der Waals surface area contributed by atoms with Crippen LogP contribution in [0.5, 0.6) is 5.75 Å². The number of nitrogens with two attached hydrogens (primary N) is 1. The molecule has 3 unspecified atom stereocenters. The van der Waals surface area contributed by atoms with E-state index in [1.807, 2.05) is 39.6 Å². The topological polar surface area (TPSA) is 194 Å². The van der Waals surface area contributed by atoms with Crippen LogP contribution in [0, 0.1) is 11.8 Å². The Morgan fingerprint density at radius 2 is 1.76 bits per heavy atom. The highest BCUT2D eigenvalue weighted by Gasteiger charge is 2.64. The number of benzene rings is 1. The first-order valence-corrected chi connectivity index (χ1v) is 13.9. The Hall–Kier alpha value is -3.74. The van der Waals surface area contributed by atoms with E-state index in [0.717, 1.165) is 0 Å². The zero-order chi connectivity index (χ0) is 31.6. The van der Waals surface area contributed by atoms with Crippen LogP contribution in [-0.2, 0) is 25.6 Å². The number of nitrogens with zero attached hydrogens (tertiary/aromatic N) is 2. The molecule has 0 bridgehead atoms. The lowest BCUT2D eigenvalue weighted by atomic mass is 9.57. The van der Waals surface area contributed by atoms with Gasteiger partial charge in [-0.2, -0.15) is 0 Å². The fraction of sp³-hybridized carbons (Fsp3) is 0.533. The Bertz CT molecular complexity index is 1440. The lowest BCUT2D eigenvalue weighted by Gasteiger charge is -2.50. The van der Waals surface area contributed by atoms with Crippen LogP contribution in [0.3, 0.4) is 0 Å². The molecular formula is C30H40N4O8. The van der Waals surface area contributed by atoms with Crippen LogP contribution in [0.15, 0.2) is 29.0 Å². The minimum absolute atomic E-state index is 0.00231. The molecule has 0 spiro atoms. The molecular weight excluding hydrogens is 544 g/mol. The number of phenolic OH excluding ortho intramolecular Hbond substituents is 1. The average Bonchev–Trinajstić information content (AvgIpc) is 2.87. The molecule has 1 aromatic rings. The highest BCUT2D eigenvalue weighted by Crippen LogP contribution is 2.53. The molecule has 2 amide bonds. The van der Waals surface area contributed by atoms with Crippen molar-refractivity contribution in [3.63, 3.8) is 0 Å². The molecule has 42 heavy (non-hydrogen) atoms. The largest absolute Gasteiger partial charge is 0.508 e. The van der Waals surface area contributed by atoms with Gasteiger partial charge in [0.1, 0.15) is 22.8 Å². The molecule has 1 fully saturated rings. The van der Waals surface area contributed by atoms with Gasteiger partial charge in [-0.25, -0.2) is 0 Å². The van der Waals surface area contributed by atoms with Gasteiger partial charge in [-0.05, 0) is 78.7 Å². The summed E-state index contributed by atoms with van der Waals surface area (Å²) in [6.07, 6.45) is 0.667. The highest BCUT2D eigenvalue weighted by atomic mass is 16.3. The molecule has 0 saturated heterocycles. The van der Waals surface area contributed by atoms with Crippen molar-refractivity contribution in [2.75, 3.05) is 26.5 Å². The van der Waals surface area contributed by atoms with Crippen LogP contribution in [0.4, 0.5) is 5.69 Å². The number of aliphatic hydroxyl groups excluding tert-OH is 2. The third-order valence-corrected chi connectivity index (χ3v) is 9.07. The summed E-state index contributed by atoms with van der Waals surface area (Å²) in [5, 5.41) is 48.0. The Labute approximate surface area is 244 Å². The Balaban J connectivity index is 1.80. The second kappa shape index (κ2) is 10.5. The standard InChI is InChI=1S/C30H40N4O8/c1-8-17(34(7)29(2,3)4)28(41)32-16-10-9-13-11-14-12-15-21(33(5)6)24(37)20(27(31)40)26(39)30(15,42)25(38)19(14)23(36)18(13)22(16)35/h9-10,14-15,17,21,35-36,39,42H,8,11-12H2,1-7H3,(H2,31,40)(H,32,41)/t14?,15?,17?,21-,30-/m0/s1. The maximum Gasteiger partial charge on any atom is 0.255 e. The molecule has 7 N–H and O–H groups in total. The molecule has 5 atom stereocenters. The molecule has 0 radical (unpaired) electrons. The summed E-state index contributed by atoms with van der Waals surface area (Å²) in [6.45, 7) is 7.79. The molecule has 3 aliphatic rings. The predicted octanol–water partition coefficient (Wildman–Crippen LogP) is 1.41. The quantitative estimate of drug-likeness (QED) is 0.210. The number of anilines is 1. The number of aliphatic hydroxyl groups is 3. The van der Waals surface area contributed by atoms with Gasteiger partial charge in [0.05, 0.1) is 23.3 Å². The van der Waals surface area contributed by atoms with Crippen molar-refractivity contribution >= 4 is 34.8 Å².